The van der Waals surface area contributed by atoms with Gasteiger partial charge in [0.1, 0.15) is 5.69 Å². The number of aryl methyl sites for hydroxylation is 1. The van der Waals surface area contributed by atoms with Gasteiger partial charge in [-0.05, 0) is 12.3 Å². The molecule has 0 bridgehead atoms. The van der Waals surface area contributed by atoms with Crippen LogP contribution < -0.4 is 0 Å². The average molecular weight is 271 g/mol. The summed E-state index contributed by atoms with van der Waals surface area (Å²) in [4.78, 5) is 0. The quantitative estimate of drug-likeness (QED) is 0.785. The monoisotopic (exact) mass is 269 g/mol. The van der Waals surface area contributed by atoms with Crippen LogP contribution in [0.2, 0.25) is 0 Å². The van der Waals surface area contributed by atoms with Crippen LogP contribution in [0.1, 0.15) is 44.5 Å². The highest BCUT2D eigenvalue weighted by Crippen LogP contribution is 2.40. The Kier molecular flexibility index (Phi) is 4.27. The van der Waals surface area contributed by atoms with Gasteiger partial charge in [-0.1, -0.05) is 60.8 Å². The second-order valence-corrected chi connectivity index (χ2v) is 5.98. The fraction of sp³-hybridized carbons (Fsp3) is 0.778. The molecule has 1 heterocycles. The van der Waals surface area contributed by atoms with Gasteiger partial charge in [0.2, 0.25) is 3.79 Å². The molecule has 0 amide bonds. The first-order valence-electron chi connectivity index (χ1n) is 4.88. The second kappa shape index (κ2) is 4.89. The lowest BCUT2D eigenvalue weighted by atomic mass is 10.1. The van der Waals surface area contributed by atoms with E-state index in [0.29, 0.717) is 5.69 Å². The summed E-state index contributed by atoms with van der Waals surface area (Å²) in [7, 11) is 0. The van der Waals surface area contributed by atoms with E-state index in [1.165, 1.54) is 0 Å². The summed E-state index contributed by atoms with van der Waals surface area (Å²) < 4.78 is 0.313. The third kappa shape index (κ3) is 2.99. The molecule has 0 atom stereocenters. The average Bonchev–Trinajstić information content (AvgIpc) is 2.47. The zero-order valence-electron chi connectivity index (χ0n) is 8.97. The lowest BCUT2D eigenvalue weighted by Crippen LogP contribution is -2.11. The zero-order chi connectivity index (χ0) is 11.6. The molecule has 1 rings (SSSR count). The van der Waals surface area contributed by atoms with Gasteiger partial charge in [0, 0.05) is 6.54 Å². The molecule has 1 aromatic heterocycles. The van der Waals surface area contributed by atoms with Crippen LogP contribution in [0.4, 0.5) is 0 Å². The van der Waals surface area contributed by atoms with Gasteiger partial charge in [-0.15, -0.1) is 5.10 Å². The van der Waals surface area contributed by atoms with E-state index in [-0.39, 0.29) is 5.92 Å². The van der Waals surface area contributed by atoms with Crippen LogP contribution in [-0.4, -0.2) is 15.0 Å². The fourth-order valence-electron chi connectivity index (χ4n) is 1.47. The summed E-state index contributed by atoms with van der Waals surface area (Å²) in [5, 5.41) is 7.95. The highest BCUT2D eigenvalue weighted by atomic mass is 35.6. The molecule has 0 saturated carbocycles. The smallest absolute Gasteiger partial charge is 0.236 e. The van der Waals surface area contributed by atoms with Crippen molar-refractivity contribution in [2.75, 3.05) is 0 Å². The largest absolute Gasteiger partial charge is 0.249 e. The molecule has 0 N–H and O–H groups in total. The Morgan fingerprint density at radius 1 is 1.33 bits per heavy atom. The predicted molar refractivity (Wildman–Crippen MR) is 63.6 cm³/mol. The van der Waals surface area contributed by atoms with E-state index in [1.807, 2.05) is 18.5 Å². The Morgan fingerprint density at radius 3 is 2.33 bits per heavy atom. The van der Waals surface area contributed by atoms with Gasteiger partial charge in [-0.2, -0.15) is 0 Å². The molecule has 1 aromatic rings. The van der Waals surface area contributed by atoms with Crippen LogP contribution in [-0.2, 0) is 10.3 Å². The Balaban J connectivity index is 3.18. The summed E-state index contributed by atoms with van der Waals surface area (Å²) in [5.74, 6) is 0.233. The van der Waals surface area contributed by atoms with Crippen LogP contribution in [0.3, 0.4) is 0 Å². The Hall–Kier alpha value is 0.01000. The number of hydrogen-bond acceptors (Lipinski definition) is 2. The summed E-state index contributed by atoms with van der Waals surface area (Å²) >= 11 is 17.5. The van der Waals surface area contributed by atoms with Crippen molar-refractivity contribution in [1.82, 2.24) is 15.0 Å². The molecule has 0 spiro atoms. The SMILES string of the molecule is CCCn1nnc(C(Cl)(Cl)Cl)c1C(C)C. The molecule has 86 valence electrons. The summed E-state index contributed by atoms with van der Waals surface area (Å²) in [5.41, 5.74) is 1.34. The lowest BCUT2D eigenvalue weighted by Gasteiger charge is -2.14. The first-order chi connectivity index (χ1) is 6.88. The van der Waals surface area contributed by atoms with E-state index >= 15 is 0 Å². The zero-order valence-corrected chi connectivity index (χ0v) is 11.2. The van der Waals surface area contributed by atoms with Crippen molar-refractivity contribution in [3.63, 3.8) is 0 Å². The summed E-state index contributed by atoms with van der Waals surface area (Å²) in [6.07, 6.45) is 0.975. The molecule has 0 saturated heterocycles. The maximum atomic E-state index is 5.84. The number of aromatic nitrogens is 3. The van der Waals surface area contributed by atoms with Crippen molar-refractivity contribution in [1.29, 1.82) is 0 Å². The van der Waals surface area contributed by atoms with E-state index in [0.717, 1.165) is 18.7 Å². The molecule has 0 fully saturated rings. The molecule has 0 unspecified atom stereocenters. The Bertz CT molecular complexity index is 328. The van der Waals surface area contributed by atoms with Crippen LogP contribution in [0.25, 0.3) is 0 Å². The minimum atomic E-state index is -1.49. The molecular weight excluding hydrogens is 256 g/mol. The maximum absolute atomic E-state index is 5.84. The van der Waals surface area contributed by atoms with Crippen LogP contribution >= 0.6 is 34.8 Å². The number of hydrogen-bond donors (Lipinski definition) is 0. The molecule has 0 aliphatic heterocycles. The number of nitrogens with zero attached hydrogens (tertiary/aromatic N) is 3. The van der Waals surface area contributed by atoms with Gasteiger partial charge in [0.25, 0.3) is 0 Å². The van der Waals surface area contributed by atoms with E-state index < -0.39 is 3.79 Å². The van der Waals surface area contributed by atoms with E-state index in [2.05, 4.69) is 17.2 Å². The topological polar surface area (TPSA) is 30.7 Å². The van der Waals surface area contributed by atoms with Gasteiger partial charge in [-0.25, -0.2) is 4.68 Å². The minimum Gasteiger partial charge on any atom is -0.249 e. The van der Waals surface area contributed by atoms with Crippen LogP contribution in [0.5, 0.6) is 0 Å². The van der Waals surface area contributed by atoms with Crippen LogP contribution in [0, 0.1) is 0 Å². The highest BCUT2D eigenvalue weighted by molar-refractivity contribution is 6.66. The molecule has 0 radical (unpaired) electrons. The third-order valence-electron chi connectivity index (χ3n) is 2.02. The third-order valence-corrected chi connectivity index (χ3v) is 2.56. The van der Waals surface area contributed by atoms with Crippen molar-refractivity contribution in [2.45, 2.75) is 43.4 Å². The first-order valence-corrected chi connectivity index (χ1v) is 6.01. The minimum absolute atomic E-state index is 0.233. The van der Waals surface area contributed by atoms with Crippen molar-refractivity contribution in [3.8, 4) is 0 Å². The summed E-state index contributed by atoms with van der Waals surface area (Å²) in [6, 6.07) is 0. The number of alkyl halides is 3. The fourth-order valence-corrected chi connectivity index (χ4v) is 1.87. The van der Waals surface area contributed by atoms with Crippen molar-refractivity contribution in [2.24, 2.45) is 0 Å². The van der Waals surface area contributed by atoms with Gasteiger partial charge in [-0.3, -0.25) is 0 Å². The maximum Gasteiger partial charge on any atom is 0.236 e. The van der Waals surface area contributed by atoms with Crippen molar-refractivity contribution >= 4 is 34.8 Å². The van der Waals surface area contributed by atoms with Gasteiger partial charge in [0.05, 0.1) is 5.69 Å². The van der Waals surface area contributed by atoms with Gasteiger partial charge >= 0.3 is 0 Å². The molecular formula is C9H14Cl3N3. The first kappa shape index (κ1) is 13.1. The second-order valence-electron chi connectivity index (χ2n) is 3.70. The molecule has 15 heavy (non-hydrogen) atoms. The molecule has 3 nitrogen and oxygen atoms in total. The van der Waals surface area contributed by atoms with Gasteiger partial charge in [0.15, 0.2) is 0 Å². The standard InChI is InChI=1S/C9H14Cl3N3/c1-4-5-15-7(6(2)3)8(13-14-15)9(10,11)12/h6H,4-5H2,1-3H3. The summed E-state index contributed by atoms with van der Waals surface area (Å²) in [6.45, 7) is 6.93. The molecule has 0 aliphatic rings. The molecule has 6 heteroatoms. The Labute approximate surface area is 105 Å². The van der Waals surface area contributed by atoms with Crippen molar-refractivity contribution in [3.05, 3.63) is 11.4 Å². The molecule has 0 aliphatic carbocycles. The van der Waals surface area contributed by atoms with E-state index in [1.54, 1.807) is 0 Å². The number of rotatable bonds is 3. The Morgan fingerprint density at radius 2 is 1.93 bits per heavy atom. The predicted octanol–water partition coefficient (Wildman–Crippen LogP) is 3.64. The van der Waals surface area contributed by atoms with Gasteiger partial charge < -0.3 is 0 Å². The van der Waals surface area contributed by atoms with Crippen LogP contribution in [0.15, 0.2) is 0 Å². The van der Waals surface area contributed by atoms with E-state index in [9.17, 15) is 0 Å². The normalized spacial score (nSPS) is 12.5. The molecule has 0 aromatic carbocycles. The van der Waals surface area contributed by atoms with Crippen molar-refractivity contribution < 1.29 is 0 Å². The lowest BCUT2D eigenvalue weighted by molar-refractivity contribution is 0.541. The highest BCUT2D eigenvalue weighted by Gasteiger charge is 2.32. The van der Waals surface area contributed by atoms with E-state index in [4.69, 9.17) is 34.8 Å². The number of halogens is 3.